The van der Waals surface area contributed by atoms with Crippen molar-refractivity contribution in [2.24, 2.45) is 0 Å². The highest BCUT2D eigenvalue weighted by molar-refractivity contribution is 6.33. The van der Waals surface area contributed by atoms with Gasteiger partial charge < -0.3 is 10.1 Å². The Morgan fingerprint density at radius 3 is 2.55 bits per heavy atom. The average molecular weight is 415 g/mol. The molecule has 0 fully saturated rings. The number of imidazole rings is 1. The highest BCUT2D eigenvalue weighted by Gasteiger charge is 2.24. The molecule has 7 heteroatoms. The zero-order valence-electron chi connectivity index (χ0n) is 17.1. The maximum atomic E-state index is 12.7. The number of anilines is 1. The predicted octanol–water partition coefficient (Wildman–Crippen LogP) is 4.03. The summed E-state index contributed by atoms with van der Waals surface area (Å²) in [5.41, 5.74) is 3.82. The van der Waals surface area contributed by atoms with Gasteiger partial charge in [-0.1, -0.05) is 17.7 Å². The molecule has 3 rings (SSSR count). The van der Waals surface area contributed by atoms with E-state index in [1.165, 1.54) is 0 Å². The molecule has 0 saturated carbocycles. The van der Waals surface area contributed by atoms with Crippen LogP contribution in [0, 0.1) is 13.8 Å². The van der Waals surface area contributed by atoms with Gasteiger partial charge in [0.15, 0.2) is 17.6 Å². The molecule has 152 valence electrons. The van der Waals surface area contributed by atoms with E-state index in [0.29, 0.717) is 22.9 Å². The molecule has 1 heterocycles. The van der Waals surface area contributed by atoms with Gasteiger partial charge in [-0.15, -0.1) is 0 Å². The number of halogens is 1. The summed E-state index contributed by atoms with van der Waals surface area (Å²) in [6, 6.07) is 10.9. The number of hydrogen-bond donors (Lipinski definition) is 1. The van der Waals surface area contributed by atoms with Gasteiger partial charge in [-0.3, -0.25) is 4.79 Å². The molecule has 0 bridgehead atoms. The number of benzene rings is 2. The lowest BCUT2D eigenvalue weighted by atomic mass is 10.2. The van der Waals surface area contributed by atoms with E-state index < -0.39 is 0 Å². The third-order valence-corrected chi connectivity index (χ3v) is 5.18. The zero-order valence-corrected chi connectivity index (χ0v) is 17.8. The van der Waals surface area contributed by atoms with Crippen LogP contribution in [0.4, 0.5) is 5.69 Å². The second-order valence-electron chi connectivity index (χ2n) is 6.83. The standard InChI is InChI=1S/C22H24ClN3O3/c1-5-25-15(4)26(13-21(27)24-18-9-7-14(3)11-17(18)23)20-12-16(8-10-19(20)25)22(28)29-6-2/h7-12H,5-6,13H2,1-4H3/p+1. The van der Waals surface area contributed by atoms with E-state index in [1.54, 1.807) is 25.1 Å². The number of esters is 1. The van der Waals surface area contributed by atoms with Crippen molar-refractivity contribution in [3.05, 3.63) is 58.4 Å². The van der Waals surface area contributed by atoms with E-state index in [-0.39, 0.29) is 18.4 Å². The van der Waals surface area contributed by atoms with Crippen molar-refractivity contribution >= 4 is 40.2 Å². The molecule has 2 aromatic carbocycles. The van der Waals surface area contributed by atoms with Crippen molar-refractivity contribution in [3.8, 4) is 0 Å². The Morgan fingerprint density at radius 2 is 1.90 bits per heavy atom. The highest BCUT2D eigenvalue weighted by Crippen LogP contribution is 2.23. The number of carbonyl (C=O) groups is 2. The van der Waals surface area contributed by atoms with Crippen molar-refractivity contribution in [2.75, 3.05) is 11.9 Å². The van der Waals surface area contributed by atoms with Crippen LogP contribution in [0.3, 0.4) is 0 Å². The van der Waals surface area contributed by atoms with Crippen LogP contribution in [0.2, 0.25) is 5.02 Å². The van der Waals surface area contributed by atoms with Gasteiger partial charge in [-0.05, 0) is 50.6 Å². The minimum Gasteiger partial charge on any atom is -0.462 e. The first-order chi connectivity index (χ1) is 13.8. The summed E-state index contributed by atoms with van der Waals surface area (Å²) in [7, 11) is 0. The first kappa shape index (κ1) is 20.9. The first-order valence-corrected chi connectivity index (χ1v) is 9.99. The molecule has 6 nitrogen and oxygen atoms in total. The van der Waals surface area contributed by atoms with Crippen LogP contribution in [0.25, 0.3) is 11.0 Å². The zero-order chi connectivity index (χ0) is 21.1. The van der Waals surface area contributed by atoms with Crippen molar-refractivity contribution in [1.82, 2.24) is 4.57 Å². The van der Waals surface area contributed by atoms with Crippen molar-refractivity contribution in [1.29, 1.82) is 0 Å². The number of amides is 1. The molecule has 0 aliphatic rings. The molecule has 29 heavy (non-hydrogen) atoms. The highest BCUT2D eigenvalue weighted by atomic mass is 35.5. The minimum atomic E-state index is -0.376. The lowest BCUT2D eigenvalue weighted by Crippen LogP contribution is -2.35. The van der Waals surface area contributed by atoms with Gasteiger partial charge in [0.2, 0.25) is 0 Å². The SMILES string of the molecule is CCOC(=O)c1ccc2c(c1)n(CC(=O)Nc1ccc(C)cc1Cl)c(C)[n+]2CC. The molecule has 0 aliphatic carbocycles. The summed E-state index contributed by atoms with van der Waals surface area (Å²) in [6.45, 7) is 8.88. The molecule has 0 spiro atoms. The molecule has 0 aliphatic heterocycles. The number of carbonyl (C=O) groups excluding carboxylic acids is 2. The number of nitrogens with zero attached hydrogens (tertiary/aromatic N) is 2. The van der Waals surface area contributed by atoms with E-state index in [2.05, 4.69) is 9.88 Å². The van der Waals surface area contributed by atoms with Crippen LogP contribution in [-0.2, 0) is 22.6 Å². The Kier molecular flexibility index (Phi) is 6.23. The number of fused-ring (bicyclic) bond motifs is 1. The van der Waals surface area contributed by atoms with Gasteiger partial charge in [0, 0.05) is 13.0 Å². The molecule has 0 saturated heterocycles. The van der Waals surface area contributed by atoms with Crippen LogP contribution in [-0.4, -0.2) is 23.1 Å². The first-order valence-electron chi connectivity index (χ1n) is 9.61. The second-order valence-corrected chi connectivity index (χ2v) is 7.24. The Balaban J connectivity index is 1.96. The summed E-state index contributed by atoms with van der Waals surface area (Å²) < 4.78 is 9.12. The van der Waals surface area contributed by atoms with Crippen LogP contribution in [0.5, 0.6) is 0 Å². The number of rotatable bonds is 6. The third kappa shape index (κ3) is 4.27. The summed E-state index contributed by atoms with van der Waals surface area (Å²) >= 11 is 6.24. The van der Waals surface area contributed by atoms with Gasteiger partial charge >= 0.3 is 5.97 Å². The molecule has 0 radical (unpaired) electrons. The van der Waals surface area contributed by atoms with Gasteiger partial charge in [0.25, 0.3) is 11.7 Å². The van der Waals surface area contributed by atoms with Crippen LogP contribution in [0.1, 0.15) is 35.6 Å². The Labute approximate surface area is 175 Å². The molecule has 0 unspecified atom stereocenters. The van der Waals surface area contributed by atoms with Crippen LogP contribution >= 0.6 is 11.6 Å². The van der Waals surface area contributed by atoms with Gasteiger partial charge in [0.1, 0.15) is 0 Å². The van der Waals surface area contributed by atoms with Crippen molar-refractivity contribution in [3.63, 3.8) is 0 Å². The second kappa shape index (κ2) is 8.66. The van der Waals surface area contributed by atoms with Crippen molar-refractivity contribution in [2.45, 2.75) is 40.8 Å². The lowest BCUT2D eigenvalue weighted by Gasteiger charge is -2.07. The van der Waals surface area contributed by atoms with E-state index >= 15 is 0 Å². The summed E-state index contributed by atoms with van der Waals surface area (Å²) in [5.74, 6) is 0.355. The number of aromatic nitrogens is 2. The molecule has 1 N–H and O–H groups in total. The van der Waals surface area contributed by atoms with Gasteiger partial charge in [0.05, 0.1) is 29.4 Å². The molecule has 3 aromatic rings. The molecule has 1 aromatic heterocycles. The lowest BCUT2D eigenvalue weighted by molar-refractivity contribution is -0.674. The van der Waals surface area contributed by atoms with E-state index in [9.17, 15) is 9.59 Å². The third-order valence-electron chi connectivity index (χ3n) is 4.87. The topological polar surface area (TPSA) is 64.2 Å². The number of hydrogen-bond acceptors (Lipinski definition) is 3. The fourth-order valence-corrected chi connectivity index (χ4v) is 3.74. The number of ether oxygens (including phenoxy) is 1. The fourth-order valence-electron chi connectivity index (χ4n) is 3.46. The molecule has 1 amide bonds. The number of aryl methyl sites for hydroxylation is 2. The fraction of sp³-hybridized carbons (Fsp3) is 0.318. The average Bonchev–Trinajstić information content (AvgIpc) is 2.94. The monoisotopic (exact) mass is 414 g/mol. The summed E-state index contributed by atoms with van der Waals surface area (Å²) in [4.78, 5) is 24.9. The van der Waals surface area contributed by atoms with Crippen molar-refractivity contribution < 1.29 is 18.9 Å². The largest absolute Gasteiger partial charge is 0.462 e. The maximum absolute atomic E-state index is 12.7. The van der Waals surface area contributed by atoms with Gasteiger partial charge in [-0.25, -0.2) is 13.9 Å². The van der Waals surface area contributed by atoms with Gasteiger partial charge in [-0.2, -0.15) is 0 Å². The van der Waals surface area contributed by atoms with E-state index in [4.69, 9.17) is 16.3 Å². The number of nitrogens with one attached hydrogen (secondary N) is 1. The quantitative estimate of drug-likeness (QED) is 0.489. The Bertz CT molecular complexity index is 1090. The van der Waals surface area contributed by atoms with E-state index in [1.807, 2.05) is 43.5 Å². The minimum absolute atomic E-state index is 0.103. The Hall–Kier alpha value is -2.86. The molecular weight excluding hydrogens is 390 g/mol. The summed E-state index contributed by atoms with van der Waals surface area (Å²) in [6.07, 6.45) is 0. The smallest absolute Gasteiger partial charge is 0.338 e. The van der Waals surface area contributed by atoms with E-state index in [0.717, 1.165) is 29.0 Å². The van der Waals surface area contributed by atoms with Crippen LogP contribution in [0.15, 0.2) is 36.4 Å². The predicted molar refractivity (Wildman–Crippen MR) is 113 cm³/mol. The normalized spacial score (nSPS) is 10.9. The summed E-state index contributed by atoms with van der Waals surface area (Å²) in [5, 5.41) is 3.37. The Morgan fingerprint density at radius 1 is 1.14 bits per heavy atom. The van der Waals surface area contributed by atoms with Crippen LogP contribution < -0.4 is 9.88 Å². The molecular formula is C22H25ClN3O3+. The molecule has 0 atom stereocenters. The maximum Gasteiger partial charge on any atom is 0.338 e.